The van der Waals surface area contributed by atoms with E-state index in [4.69, 9.17) is 23.2 Å². The first kappa shape index (κ1) is 35.1. The van der Waals surface area contributed by atoms with E-state index in [-0.39, 0.29) is 12.4 Å². The molecule has 0 saturated carbocycles. The van der Waals surface area contributed by atoms with Crippen molar-refractivity contribution in [2.45, 2.75) is 38.5 Å². The van der Waals surface area contributed by atoms with Crippen LogP contribution in [0.1, 0.15) is 35.1 Å². The number of fused-ring (bicyclic) bond motifs is 4. The first-order chi connectivity index (χ1) is 21.3. The largest absolute Gasteiger partial charge is 0.341 e. The zero-order chi connectivity index (χ0) is 31.1. The molecule has 0 unspecified atom stereocenters. The van der Waals surface area contributed by atoms with E-state index in [1.165, 1.54) is 45.0 Å². The Morgan fingerprint density at radius 1 is 0.511 bits per heavy atom. The minimum Gasteiger partial charge on any atom is -0.341 e. The summed E-state index contributed by atoms with van der Waals surface area (Å²) in [6.07, 6.45) is 6.60. The van der Waals surface area contributed by atoms with Crippen LogP contribution in [0.25, 0.3) is 0 Å². The van der Waals surface area contributed by atoms with Gasteiger partial charge in [-0.1, -0.05) is 71.7 Å². The monoisotopic (exact) mass is 664 g/mol. The Labute approximate surface area is 287 Å². The first-order valence-corrected chi connectivity index (χ1v) is 16.6. The molecule has 240 valence electrons. The van der Waals surface area contributed by atoms with Crippen LogP contribution < -0.4 is 9.80 Å². The molecule has 4 nitrogen and oxygen atoms in total. The van der Waals surface area contributed by atoms with E-state index in [2.05, 4.69) is 121 Å². The lowest BCUT2D eigenvalue weighted by Crippen LogP contribution is -2.24. The normalized spacial score (nSPS) is 13.4. The Kier molecular flexibility index (Phi) is 13.1. The maximum atomic E-state index is 6.27. The zero-order valence-corrected chi connectivity index (χ0v) is 29.4. The third kappa shape index (κ3) is 9.18. The van der Waals surface area contributed by atoms with E-state index in [1.54, 1.807) is 0 Å². The fraction of sp³-hybridized carbons (Fsp3) is 0.368. The summed E-state index contributed by atoms with van der Waals surface area (Å²) in [6, 6.07) is 30.1. The quantitative estimate of drug-likeness (QED) is 0.186. The molecule has 6 rings (SSSR count). The van der Waals surface area contributed by atoms with E-state index >= 15 is 0 Å². The first-order valence-electron chi connectivity index (χ1n) is 15.9. The molecule has 0 fully saturated rings. The number of halogens is 3. The van der Waals surface area contributed by atoms with Crippen LogP contribution in [0.3, 0.4) is 0 Å². The summed E-state index contributed by atoms with van der Waals surface area (Å²) in [5.41, 5.74) is 10.9. The number of nitrogens with zero attached hydrogens (tertiary/aromatic N) is 4. The molecular formula is C38H47Cl3N4. The van der Waals surface area contributed by atoms with E-state index in [9.17, 15) is 0 Å². The Bertz CT molecular complexity index is 1420. The summed E-state index contributed by atoms with van der Waals surface area (Å²) in [7, 11) is 8.50. The maximum absolute atomic E-state index is 6.27. The van der Waals surface area contributed by atoms with E-state index < -0.39 is 0 Å². The smallest absolute Gasteiger partial charge is 0.0458 e. The van der Waals surface area contributed by atoms with Crippen molar-refractivity contribution < 1.29 is 0 Å². The highest BCUT2D eigenvalue weighted by Gasteiger charge is 2.22. The minimum atomic E-state index is 0. The predicted molar refractivity (Wildman–Crippen MR) is 198 cm³/mol. The number of hydrogen-bond acceptors (Lipinski definition) is 4. The lowest BCUT2D eigenvalue weighted by molar-refractivity contribution is 0.402. The summed E-state index contributed by atoms with van der Waals surface area (Å²) in [6.45, 7) is 4.22. The van der Waals surface area contributed by atoms with Crippen molar-refractivity contribution in [2.24, 2.45) is 0 Å². The van der Waals surface area contributed by atoms with Gasteiger partial charge in [-0.2, -0.15) is 0 Å². The molecule has 7 heteroatoms. The molecule has 0 atom stereocenters. The molecule has 0 spiro atoms. The fourth-order valence-corrected chi connectivity index (χ4v) is 6.67. The second-order valence-electron chi connectivity index (χ2n) is 12.4. The Hall–Kier alpha value is -2.73. The van der Waals surface area contributed by atoms with E-state index in [0.717, 1.165) is 74.7 Å². The van der Waals surface area contributed by atoms with Crippen LogP contribution in [0.4, 0.5) is 22.7 Å². The molecule has 0 aromatic heterocycles. The van der Waals surface area contributed by atoms with Gasteiger partial charge in [0.15, 0.2) is 0 Å². The molecule has 45 heavy (non-hydrogen) atoms. The number of benzene rings is 4. The Morgan fingerprint density at radius 2 is 0.867 bits per heavy atom. The average molecular weight is 666 g/mol. The number of rotatable bonds is 8. The number of aryl methyl sites for hydroxylation is 4. The molecule has 4 aromatic rings. The molecule has 0 bridgehead atoms. The van der Waals surface area contributed by atoms with Crippen molar-refractivity contribution in [1.29, 1.82) is 0 Å². The van der Waals surface area contributed by atoms with Crippen LogP contribution >= 0.6 is 35.6 Å². The lowest BCUT2D eigenvalue weighted by atomic mass is 10.0. The predicted octanol–water partition coefficient (Wildman–Crippen LogP) is 9.48. The standard InChI is InChI=1S/2C19H23ClN2.ClH/c2*1-21(2)12-5-13-22-18-7-4-3-6-15(18)8-9-16-10-11-17(20)14-19(16)22;/h2*3-4,6-7,10-11,14H,5,8-9,12-13H2,1-2H3;1H. The molecule has 0 radical (unpaired) electrons. The minimum absolute atomic E-state index is 0. The van der Waals surface area contributed by atoms with Gasteiger partial charge in [0, 0.05) is 45.9 Å². The second-order valence-corrected chi connectivity index (χ2v) is 13.3. The van der Waals surface area contributed by atoms with Gasteiger partial charge in [-0.3, -0.25) is 0 Å². The molecule has 0 aliphatic carbocycles. The van der Waals surface area contributed by atoms with Gasteiger partial charge in [-0.15, -0.1) is 12.4 Å². The molecule has 0 amide bonds. The van der Waals surface area contributed by atoms with Crippen molar-refractivity contribution in [3.05, 3.63) is 117 Å². The molecular weight excluding hydrogens is 619 g/mol. The third-order valence-electron chi connectivity index (χ3n) is 8.54. The van der Waals surface area contributed by atoms with Gasteiger partial charge in [0.1, 0.15) is 0 Å². The van der Waals surface area contributed by atoms with Gasteiger partial charge in [0.05, 0.1) is 0 Å². The maximum Gasteiger partial charge on any atom is 0.0458 e. The van der Waals surface area contributed by atoms with Gasteiger partial charge in [0.25, 0.3) is 0 Å². The van der Waals surface area contributed by atoms with E-state index in [0.29, 0.717) is 0 Å². The van der Waals surface area contributed by atoms with Crippen molar-refractivity contribution in [2.75, 3.05) is 64.2 Å². The summed E-state index contributed by atoms with van der Waals surface area (Å²) in [5.74, 6) is 0. The summed E-state index contributed by atoms with van der Waals surface area (Å²) < 4.78 is 0. The van der Waals surface area contributed by atoms with Crippen LogP contribution in [0.5, 0.6) is 0 Å². The van der Waals surface area contributed by atoms with Crippen LogP contribution in [-0.4, -0.2) is 64.2 Å². The molecule has 0 N–H and O–H groups in total. The summed E-state index contributed by atoms with van der Waals surface area (Å²) >= 11 is 12.5. The van der Waals surface area contributed by atoms with Gasteiger partial charge in [-0.25, -0.2) is 0 Å². The SMILES string of the molecule is CN(C)CCCN1c2ccccc2CCc2ccc(Cl)cc21.CN(C)CCCN1c2ccccc2CCc2ccc(Cl)cc21.Cl. The number of hydrogen-bond donors (Lipinski definition) is 0. The van der Waals surface area contributed by atoms with Crippen molar-refractivity contribution in [3.8, 4) is 0 Å². The fourth-order valence-electron chi connectivity index (χ4n) is 6.34. The van der Waals surface area contributed by atoms with Gasteiger partial charge in [0.2, 0.25) is 0 Å². The number of anilines is 4. The third-order valence-corrected chi connectivity index (χ3v) is 9.01. The highest BCUT2D eigenvalue weighted by atomic mass is 35.5. The summed E-state index contributed by atoms with van der Waals surface area (Å²) in [5, 5.41) is 1.63. The lowest BCUT2D eigenvalue weighted by Gasteiger charge is -2.27. The van der Waals surface area contributed by atoms with Crippen LogP contribution in [0.2, 0.25) is 10.0 Å². The molecule has 2 aliphatic rings. The average Bonchev–Trinajstić information content (AvgIpc) is 3.25. The van der Waals surface area contributed by atoms with Crippen molar-refractivity contribution >= 4 is 58.4 Å². The number of para-hydroxylation sites is 2. The van der Waals surface area contributed by atoms with Gasteiger partial charge >= 0.3 is 0 Å². The van der Waals surface area contributed by atoms with Gasteiger partial charge in [-0.05, 0) is 138 Å². The van der Waals surface area contributed by atoms with Crippen LogP contribution in [0.15, 0.2) is 84.9 Å². The topological polar surface area (TPSA) is 13.0 Å². The Morgan fingerprint density at radius 3 is 1.24 bits per heavy atom. The Balaban J connectivity index is 0.000000200. The van der Waals surface area contributed by atoms with Crippen LogP contribution in [-0.2, 0) is 25.7 Å². The molecule has 0 saturated heterocycles. The highest BCUT2D eigenvalue weighted by molar-refractivity contribution is 6.31. The van der Waals surface area contributed by atoms with E-state index in [1.807, 2.05) is 12.1 Å². The highest BCUT2D eigenvalue weighted by Crippen LogP contribution is 2.38. The second kappa shape index (κ2) is 16.7. The molecule has 2 heterocycles. The molecule has 4 aromatic carbocycles. The van der Waals surface area contributed by atoms with Crippen molar-refractivity contribution in [3.63, 3.8) is 0 Å². The zero-order valence-electron chi connectivity index (χ0n) is 27.1. The van der Waals surface area contributed by atoms with Crippen molar-refractivity contribution in [1.82, 2.24) is 9.80 Å². The summed E-state index contributed by atoms with van der Waals surface area (Å²) in [4.78, 5) is 9.38. The van der Waals surface area contributed by atoms with Gasteiger partial charge < -0.3 is 19.6 Å². The van der Waals surface area contributed by atoms with Crippen LogP contribution in [0, 0.1) is 0 Å². The molecule has 2 aliphatic heterocycles.